The number of aliphatic hydroxyl groups is 2. The van der Waals surface area contributed by atoms with Crippen molar-refractivity contribution in [2.75, 3.05) is 33.5 Å². The molecule has 286 valence electrons. The SMILES string of the molecule is CCOC(=O)C1=C(COCCN)NC(C)=C(C(=O)OC)C1c1ccccc1Cl.O=C(O)C(O)(C(=O)c1ccccc1)C(O)(C(=O)O)C(=O)c1ccccc1. The van der Waals surface area contributed by atoms with Crippen molar-refractivity contribution in [1.29, 1.82) is 0 Å². The normalized spacial score (nSPS) is 16.0. The third-order valence-corrected chi connectivity index (χ3v) is 8.49. The number of carbonyl (C=O) groups is 6. The molecule has 3 unspecified atom stereocenters. The minimum Gasteiger partial charge on any atom is -0.479 e. The molecule has 0 saturated heterocycles. The van der Waals surface area contributed by atoms with Gasteiger partial charge in [-0.15, -0.1) is 0 Å². The van der Waals surface area contributed by atoms with Crippen molar-refractivity contribution in [2.24, 2.45) is 5.73 Å². The number of Topliss-reactive ketones (excluding diaryl/α,β-unsaturated/α-hetero) is 2. The predicted octanol–water partition coefficient (Wildman–Crippen LogP) is 2.65. The van der Waals surface area contributed by atoms with Crippen LogP contribution in [-0.2, 0) is 33.4 Å². The van der Waals surface area contributed by atoms with Gasteiger partial charge in [0.15, 0.2) is 0 Å². The van der Waals surface area contributed by atoms with Crippen molar-refractivity contribution in [3.8, 4) is 0 Å². The van der Waals surface area contributed by atoms with E-state index in [0.29, 0.717) is 40.7 Å². The van der Waals surface area contributed by atoms with Crippen LogP contribution in [-0.4, -0.2) is 101 Å². The van der Waals surface area contributed by atoms with Gasteiger partial charge >= 0.3 is 23.9 Å². The highest BCUT2D eigenvalue weighted by atomic mass is 35.5. The first-order valence-corrected chi connectivity index (χ1v) is 16.6. The zero-order chi connectivity index (χ0) is 40.2. The zero-order valence-corrected chi connectivity index (χ0v) is 30.2. The number of nitrogens with one attached hydrogen (secondary N) is 1. The molecule has 0 spiro atoms. The smallest absolute Gasteiger partial charge is 0.348 e. The molecule has 3 aromatic rings. The summed E-state index contributed by atoms with van der Waals surface area (Å²) in [7, 11) is 1.29. The number of benzene rings is 3. The quantitative estimate of drug-likeness (QED) is 0.0563. The molecule has 0 bridgehead atoms. The number of nitrogens with two attached hydrogens (primary N) is 1. The fraction of sp³-hybridized carbons (Fsp3) is 0.263. The van der Waals surface area contributed by atoms with Crippen molar-refractivity contribution in [3.05, 3.63) is 129 Å². The summed E-state index contributed by atoms with van der Waals surface area (Å²) >= 11 is 6.42. The van der Waals surface area contributed by atoms with Crippen LogP contribution < -0.4 is 11.1 Å². The number of halogens is 1. The van der Waals surface area contributed by atoms with E-state index in [4.69, 9.17) is 31.5 Å². The molecule has 0 fully saturated rings. The number of ketones is 2. The average Bonchev–Trinajstić information content (AvgIpc) is 3.17. The second kappa shape index (κ2) is 18.9. The summed E-state index contributed by atoms with van der Waals surface area (Å²) in [6.45, 7) is 4.42. The average molecular weight is 767 g/mol. The molecule has 3 atom stereocenters. The van der Waals surface area contributed by atoms with Crippen LogP contribution in [0.25, 0.3) is 0 Å². The summed E-state index contributed by atoms with van der Waals surface area (Å²) in [5.41, 5.74) is -0.983. The lowest BCUT2D eigenvalue weighted by atomic mass is 9.73. The lowest BCUT2D eigenvalue weighted by Crippen LogP contribution is -2.71. The topological polar surface area (TPSA) is 249 Å². The van der Waals surface area contributed by atoms with Crippen molar-refractivity contribution in [2.45, 2.75) is 31.0 Å². The molecule has 0 radical (unpaired) electrons. The molecule has 0 aromatic heterocycles. The Kier molecular flexibility index (Phi) is 14.9. The first kappa shape index (κ1) is 42.7. The fourth-order valence-electron chi connectivity index (χ4n) is 5.55. The van der Waals surface area contributed by atoms with E-state index in [9.17, 15) is 49.2 Å². The predicted molar refractivity (Wildman–Crippen MR) is 192 cm³/mol. The largest absolute Gasteiger partial charge is 0.479 e. The molecule has 1 heterocycles. The maximum atomic E-state index is 12.9. The van der Waals surface area contributed by atoms with Crippen molar-refractivity contribution in [3.63, 3.8) is 0 Å². The highest BCUT2D eigenvalue weighted by molar-refractivity contribution is 6.31. The molecular formula is C38H39ClN2O13. The standard InChI is InChI=1S/C20H25ClN2O5.C18H14O8/c1-4-28-20(25)18-15(11-27-10-9-22)23-12(2)16(19(24)26-3)17(18)13-7-5-6-8-14(13)21;19-13(11-7-3-1-4-8-11)17(25,15(21)22)18(26,16(23)24)14(20)12-9-5-2-6-10-12/h5-8,17,23H,4,9-11,22H2,1-3H3;1-10,25-26H,(H,21,22)(H,23,24). The molecule has 54 heavy (non-hydrogen) atoms. The molecule has 3 aromatic carbocycles. The Balaban J connectivity index is 0.000000291. The molecule has 1 aliphatic heterocycles. The van der Waals surface area contributed by atoms with Gasteiger partial charge in [0.1, 0.15) is 0 Å². The Labute approximate surface area is 314 Å². The number of ether oxygens (including phenoxy) is 3. The lowest BCUT2D eigenvalue weighted by Gasteiger charge is -2.34. The van der Waals surface area contributed by atoms with Gasteiger partial charge in [-0.2, -0.15) is 0 Å². The van der Waals surface area contributed by atoms with Gasteiger partial charge in [-0.05, 0) is 25.5 Å². The Morgan fingerprint density at radius 3 is 1.69 bits per heavy atom. The van der Waals surface area contributed by atoms with Gasteiger partial charge < -0.3 is 45.7 Å². The Morgan fingerprint density at radius 2 is 1.26 bits per heavy atom. The third-order valence-electron chi connectivity index (χ3n) is 8.14. The maximum absolute atomic E-state index is 12.9. The van der Waals surface area contributed by atoms with E-state index in [-0.39, 0.29) is 18.8 Å². The lowest BCUT2D eigenvalue weighted by molar-refractivity contribution is -0.187. The number of hydrogen-bond donors (Lipinski definition) is 6. The van der Waals surface area contributed by atoms with E-state index in [2.05, 4.69) is 5.32 Å². The van der Waals surface area contributed by atoms with E-state index < -0.39 is 63.7 Å². The summed E-state index contributed by atoms with van der Waals surface area (Å²) in [4.78, 5) is 74.0. The summed E-state index contributed by atoms with van der Waals surface area (Å²) < 4.78 is 15.8. The van der Waals surface area contributed by atoms with Crippen molar-refractivity contribution < 1.29 is 63.4 Å². The molecule has 4 rings (SSSR count). The number of dihydropyridines is 1. The van der Waals surface area contributed by atoms with E-state index in [1.54, 1.807) is 38.1 Å². The number of hydrogen-bond acceptors (Lipinski definition) is 13. The molecule has 0 saturated carbocycles. The van der Waals surface area contributed by atoms with E-state index in [0.717, 1.165) is 24.3 Å². The molecule has 7 N–H and O–H groups in total. The highest BCUT2D eigenvalue weighted by Crippen LogP contribution is 2.42. The van der Waals surface area contributed by atoms with Crippen LogP contribution in [0.15, 0.2) is 107 Å². The van der Waals surface area contributed by atoms with E-state index in [1.807, 2.05) is 0 Å². The van der Waals surface area contributed by atoms with E-state index >= 15 is 0 Å². The van der Waals surface area contributed by atoms with Gasteiger partial charge in [0, 0.05) is 28.4 Å². The van der Waals surface area contributed by atoms with E-state index in [1.165, 1.54) is 43.5 Å². The van der Waals surface area contributed by atoms with Gasteiger partial charge in [0.25, 0.3) is 11.2 Å². The molecule has 0 aliphatic carbocycles. The first-order valence-electron chi connectivity index (χ1n) is 16.2. The molecule has 0 amide bonds. The van der Waals surface area contributed by atoms with Gasteiger partial charge in [-0.25, -0.2) is 19.2 Å². The maximum Gasteiger partial charge on any atom is 0.348 e. The fourth-order valence-corrected chi connectivity index (χ4v) is 5.79. The van der Waals surface area contributed by atoms with Gasteiger partial charge in [0.05, 0.1) is 49.7 Å². The van der Waals surface area contributed by atoms with Crippen LogP contribution in [0.4, 0.5) is 0 Å². The van der Waals surface area contributed by atoms with Gasteiger partial charge in [0.2, 0.25) is 11.6 Å². The number of esters is 2. The number of methoxy groups -OCH3 is 1. The summed E-state index contributed by atoms with van der Waals surface area (Å²) in [5.74, 6) is -9.89. The van der Waals surface area contributed by atoms with Crippen LogP contribution in [0.3, 0.4) is 0 Å². The number of aliphatic carboxylic acids is 2. The number of allylic oxidation sites excluding steroid dienone is 1. The minimum absolute atomic E-state index is 0.109. The van der Waals surface area contributed by atoms with Crippen LogP contribution in [0.1, 0.15) is 46.0 Å². The zero-order valence-electron chi connectivity index (χ0n) is 29.4. The summed E-state index contributed by atoms with van der Waals surface area (Å²) in [6.07, 6.45) is 0. The Hall–Kier alpha value is -5.71. The second-order valence-corrected chi connectivity index (χ2v) is 11.9. The molecule has 1 aliphatic rings. The monoisotopic (exact) mass is 766 g/mol. The van der Waals surface area contributed by atoms with Crippen LogP contribution in [0.5, 0.6) is 0 Å². The number of carboxylic acids is 2. The second-order valence-electron chi connectivity index (χ2n) is 11.5. The third kappa shape index (κ3) is 8.73. The molecule has 15 nitrogen and oxygen atoms in total. The van der Waals surface area contributed by atoms with Crippen LogP contribution >= 0.6 is 11.6 Å². The number of carboxylic acid groups (broad SMARTS) is 2. The van der Waals surface area contributed by atoms with Crippen LogP contribution in [0, 0.1) is 0 Å². The summed E-state index contributed by atoms with van der Waals surface area (Å²) in [6, 6.07) is 19.9. The Morgan fingerprint density at radius 1 is 0.778 bits per heavy atom. The molecule has 16 heteroatoms. The highest BCUT2D eigenvalue weighted by Gasteiger charge is 2.69. The Bertz CT molecular complexity index is 1870. The summed E-state index contributed by atoms with van der Waals surface area (Å²) in [5, 5.41) is 43.4. The van der Waals surface area contributed by atoms with Gasteiger partial charge in [-0.1, -0.05) is 90.5 Å². The van der Waals surface area contributed by atoms with Crippen molar-refractivity contribution >= 4 is 47.0 Å². The van der Waals surface area contributed by atoms with Crippen molar-refractivity contribution in [1.82, 2.24) is 5.32 Å². The van der Waals surface area contributed by atoms with Crippen LogP contribution in [0.2, 0.25) is 5.02 Å². The number of carbonyl (C=O) groups excluding carboxylic acids is 4. The number of rotatable bonds is 15. The molecular weight excluding hydrogens is 728 g/mol. The minimum atomic E-state index is -3.95. The van der Waals surface area contributed by atoms with Gasteiger partial charge in [-0.3, -0.25) is 9.59 Å². The first-order chi connectivity index (χ1) is 25.6.